The van der Waals surface area contributed by atoms with Crippen molar-refractivity contribution in [1.29, 1.82) is 0 Å². The fourth-order valence-electron chi connectivity index (χ4n) is 2.91. The molecule has 2 heterocycles. The van der Waals surface area contributed by atoms with Crippen LogP contribution in [0, 0.1) is 13.8 Å². The number of aromatic nitrogens is 2. The van der Waals surface area contributed by atoms with E-state index in [-0.39, 0.29) is 5.56 Å². The summed E-state index contributed by atoms with van der Waals surface area (Å²) in [5.74, 6) is 0.743. The molecule has 0 fully saturated rings. The highest BCUT2D eigenvalue weighted by Crippen LogP contribution is 2.30. The maximum Gasteiger partial charge on any atom is 0.274 e. The summed E-state index contributed by atoms with van der Waals surface area (Å²) >= 11 is 5.00. The molecule has 0 saturated heterocycles. The number of halogens is 1. The number of thiazole rings is 1. The second-order valence-electron chi connectivity index (χ2n) is 5.89. The van der Waals surface area contributed by atoms with Gasteiger partial charge in [-0.2, -0.15) is 0 Å². The Hall–Kier alpha value is -2.18. The molecule has 0 aliphatic heterocycles. The van der Waals surface area contributed by atoms with E-state index in [4.69, 9.17) is 4.74 Å². The number of ether oxygens (including phenoxy) is 1. The number of fused-ring (bicyclic) bond motifs is 3. The van der Waals surface area contributed by atoms with Crippen molar-refractivity contribution in [3.8, 4) is 5.75 Å². The maximum atomic E-state index is 13.0. The zero-order valence-corrected chi connectivity index (χ0v) is 16.4. The largest absolute Gasteiger partial charge is 0.496 e. The Labute approximate surface area is 156 Å². The van der Waals surface area contributed by atoms with Crippen molar-refractivity contribution in [3.63, 3.8) is 0 Å². The topological polar surface area (TPSA) is 43.6 Å². The van der Waals surface area contributed by atoms with E-state index in [0.29, 0.717) is 9.49 Å². The molecule has 4 rings (SSSR count). The van der Waals surface area contributed by atoms with Crippen LogP contribution in [0.5, 0.6) is 5.75 Å². The van der Waals surface area contributed by atoms with Crippen LogP contribution >= 0.6 is 27.3 Å². The number of rotatable bonds is 2. The van der Waals surface area contributed by atoms with Crippen LogP contribution in [-0.4, -0.2) is 16.5 Å². The van der Waals surface area contributed by atoms with Crippen molar-refractivity contribution in [2.24, 2.45) is 0 Å². The molecule has 2 aromatic heterocycles. The molecular weight excluding hydrogens is 400 g/mol. The Morgan fingerprint density at radius 3 is 2.80 bits per heavy atom. The number of imidazole rings is 1. The predicted molar refractivity (Wildman–Crippen MR) is 106 cm³/mol. The number of nitrogens with zero attached hydrogens (tertiary/aromatic N) is 2. The average molecular weight is 415 g/mol. The van der Waals surface area contributed by atoms with Gasteiger partial charge in [0.05, 0.1) is 17.2 Å². The maximum absolute atomic E-state index is 13.0. The van der Waals surface area contributed by atoms with Crippen molar-refractivity contribution >= 4 is 49.3 Å². The molecule has 2 aromatic carbocycles. The molecule has 0 bridgehead atoms. The van der Waals surface area contributed by atoms with Crippen LogP contribution < -0.4 is 14.8 Å². The van der Waals surface area contributed by atoms with Gasteiger partial charge in [0.1, 0.15) is 11.3 Å². The predicted octanol–water partition coefficient (Wildman–Crippen LogP) is 3.84. The van der Waals surface area contributed by atoms with Gasteiger partial charge in [-0.15, -0.1) is 0 Å². The lowest BCUT2D eigenvalue weighted by atomic mass is 10.1. The first kappa shape index (κ1) is 16.3. The molecule has 4 aromatic rings. The molecule has 25 heavy (non-hydrogen) atoms. The Balaban J connectivity index is 2.04. The second-order valence-corrected chi connectivity index (χ2v) is 7.69. The summed E-state index contributed by atoms with van der Waals surface area (Å²) in [7, 11) is 1.63. The molecular formula is C19H15BrN2O2S. The summed E-state index contributed by atoms with van der Waals surface area (Å²) in [6.45, 7) is 4.09. The minimum absolute atomic E-state index is 0.0523. The highest BCUT2D eigenvalue weighted by atomic mass is 79.9. The van der Waals surface area contributed by atoms with Gasteiger partial charge >= 0.3 is 0 Å². The Morgan fingerprint density at radius 2 is 2.04 bits per heavy atom. The number of benzene rings is 2. The van der Waals surface area contributed by atoms with Crippen molar-refractivity contribution in [2.75, 3.05) is 7.11 Å². The fraction of sp³-hybridized carbons (Fsp3) is 0.158. The number of para-hydroxylation sites is 1. The molecule has 0 aliphatic rings. The highest BCUT2D eigenvalue weighted by molar-refractivity contribution is 9.10. The molecule has 0 saturated carbocycles. The highest BCUT2D eigenvalue weighted by Gasteiger charge is 2.16. The van der Waals surface area contributed by atoms with E-state index < -0.39 is 0 Å². The zero-order valence-electron chi connectivity index (χ0n) is 14.0. The van der Waals surface area contributed by atoms with E-state index in [0.717, 1.165) is 37.9 Å². The monoisotopic (exact) mass is 414 g/mol. The van der Waals surface area contributed by atoms with Gasteiger partial charge in [0, 0.05) is 10.0 Å². The van der Waals surface area contributed by atoms with Crippen LogP contribution in [0.1, 0.15) is 16.7 Å². The van der Waals surface area contributed by atoms with E-state index in [1.54, 1.807) is 11.5 Å². The van der Waals surface area contributed by atoms with Crippen molar-refractivity contribution in [3.05, 3.63) is 66.4 Å². The first-order valence-corrected chi connectivity index (χ1v) is 9.37. The van der Waals surface area contributed by atoms with E-state index >= 15 is 0 Å². The summed E-state index contributed by atoms with van der Waals surface area (Å²) in [4.78, 5) is 18.3. The molecule has 4 nitrogen and oxygen atoms in total. The second kappa shape index (κ2) is 5.97. The third-order valence-electron chi connectivity index (χ3n) is 4.40. The quantitative estimate of drug-likeness (QED) is 0.500. The lowest BCUT2D eigenvalue weighted by Crippen LogP contribution is -2.22. The molecule has 6 heteroatoms. The molecule has 0 N–H and O–H groups in total. The Kier molecular flexibility index (Phi) is 3.89. The first-order valence-electron chi connectivity index (χ1n) is 7.76. The minimum atomic E-state index is -0.0523. The van der Waals surface area contributed by atoms with Crippen LogP contribution in [0.3, 0.4) is 0 Å². The molecule has 0 aliphatic carbocycles. The van der Waals surface area contributed by atoms with Gasteiger partial charge in [-0.05, 0) is 59.1 Å². The SMILES string of the molecule is COc1ccccc1C=c1sc2nc3c(Br)c(C)c(C)cc3n2c1=O. The van der Waals surface area contributed by atoms with Crippen molar-refractivity contribution in [1.82, 2.24) is 9.38 Å². The lowest BCUT2D eigenvalue weighted by molar-refractivity contribution is 0.414. The summed E-state index contributed by atoms with van der Waals surface area (Å²) in [6, 6.07) is 9.68. The molecule has 0 radical (unpaired) electrons. The van der Waals surface area contributed by atoms with Gasteiger partial charge in [-0.1, -0.05) is 29.5 Å². The Bertz CT molecular complexity index is 1240. The van der Waals surface area contributed by atoms with Crippen LogP contribution in [0.15, 0.2) is 39.6 Å². The molecule has 0 amide bonds. The molecule has 126 valence electrons. The minimum Gasteiger partial charge on any atom is -0.496 e. The lowest BCUT2D eigenvalue weighted by Gasteiger charge is -2.03. The summed E-state index contributed by atoms with van der Waals surface area (Å²) in [6.07, 6.45) is 1.86. The van der Waals surface area contributed by atoms with Crippen LogP contribution in [0.2, 0.25) is 0 Å². The third kappa shape index (κ3) is 2.48. The standard InChI is InChI=1S/C19H15BrN2O2S/c1-10-8-13-17(16(20)11(10)2)21-19-22(13)18(23)15(25-19)9-12-6-4-5-7-14(12)24-3/h4-9H,1-3H3. The van der Waals surface area contributed by atoms with E-state index in [9.17, 15) is 4.79 Å². The first-order chi connectivity index (χ1) is 12.0. The average Bonchev–Trinajstić information content (AvgIpc) is 3.11. The number of aryl methyl sites for hydroxylation is 1. The van der Waals surface area contributed by atoms with Crippen LogP contribution in [0.4, 0.5) is 0 Å². The Morgan fingerprint density at radius 1 is 1.28 bits per heavy atom. The smallest absolute Gasteiger partial charge is 0.274 e. The van der Waals surface area contributed by atoms with Crippen LogP contribution in [0.25, 0.3) is 22.1 Å². The number of methoxy groups -OCH3 is 1. The van der Waals surface area contributed by atoms with Crippen LogP contribution in [-0.2, 0) is 0 Å². The number of hydrogen-bond donors (Lipinski definition) is 0. The van der Waals surface area contributed by atoms with Gasteiger partial charge in [-0.25, -0.2) is 9.38 Å². The van der Waals surface area contributed by atoms with E-state index in [1.807, 2.05) is 50.3 Å². The molecule has 0 spiro atoms. The van der Waals surface area contributed by atoms with Crippen molar-refractivity contribution < 1.29 is 4.74 Å². The normalized spacial score (nSPS) is 12.4. The summed E-state index contributed by atoms with van der Waals surface area (Å²) < 4.78 is 8.66. The fourth-order valence-corrected chi connectivity index (χ4v) is 4.48. The van der Waals surface area contributed by atoms with Gasteiger partial charge in [-0.3, -0.25) is 4.79 Å². The van der Waals surface area contributed by atoms with Crippen molar-refractivity contribution in [2.45, 2.75) is 13.8 Å². The van der Waals surface area contributed by atoms with Gasteiger partial charge in [0.25, 0.3) is 5.56 Å². The van der Waals surface area contributed by atoms with Gasteiger partial charge in [0.2, 0.25) is 0 Å². The zero-order chi connectivity index (χ0) is 17.7. The van der Waals surface area contributed by atoms with Gasteiger partial charge in [0.15, 0.2) is 4.96 Å². The molecule has 0 unspecified atom stereocenters. The molecule has 0 atom stereocenters. The summed E-state index contributed by atoms with van der Waals surface area (Å²) in [5, 5.41) is 0. The van der Waals surface area contributed by atoms with E-state index in [1.165, 1.54) is 11.3 Å². The van der Waals surface area contributed by atoms with E-state index in [2.05, 4.69) is 20.9 Å². The number of hydrogen-bond acceptors (Lipinski definition) is 4. The van der Waals surface area contributed by atoms with Gasteiger partial charge < -0.3 is 4.74 Å². The third-order valence-corrected chi connectivity index (χ3v) is 6.34. The summed E-state index contributed by atoms with van der Waals surface area (Å²) in [5.41, 5.74) is 4.77.